The summed E-state index contributed by atoms with van der Waals surface area (Å²) in [5, 5.41) is 0.945. The average molecular weight is 366 g/mol. The molecule has 3 heterocycles. The number of aromatic nitrogens is 1. The summed E-state index contributed by atoms with van der Waals surface area (Å²) < 4.78 is 16.7. The molecule has 140 valence electrons. The number of morpholine rings is 1. The van der Waals surface area contributed by atoms with Crippen molar-refractivity contribution < 1.29 is 18.7 Å². The Morgan fingerprint density at radius 2 is 2.26 bits per heavy atom. The van der Waals surface area contributed by atoms with Gasteiger partial charge in [-0.15, -0.1) is 0 Å². The number of fused-ring (bicyclic) bond motifs is 1. The monoisotopic (exact) mass is 366 g/mol. The highest BCUT2D eigenvalue weighted by atomic mass is 16.5. The third-order valence-corrected chi connectivity index (χ3v) is 4.73. The summed E-state index contributed by atoms with van der Waals surface area (Å²) in [6.07, 6.45) is 3.08. The standard InChI is InChI=1S/C21H22N2O4/c1-3-25-21(24)16-12-22-17-7-6-14(2)11-15(17)20(16)23-8-10-27-19(13-23)18-5-4-9-26-18/h4-7,9,11-12,19H,3,8,10,13H2,1-2H3. The lowest BCUT2D eigenvalue weighted by atomic mass is 10.0. The van der Waals surface area contributed by atoms with E-state index in [4.69, 9.17) is 13.9 Å². The molecule has 1 aliphatic rings. The normalized spacial score (nSPS) is 17.3. The minimum atomic E-state index is -0.357. The molecule has 0 amide bonds. The van der Waals surface area contributed by atoms with Gasteiger partial charge in [0.25, 0.3) is 0 Å². The van der Waals surface area contributed by atoms with Gasteiger partial charge in [0.05, 0.1) is 37.2 Å². The number of nitrogens with zero attached hydrogens (tertiary/aromatic N) is 2. The Hall–Kier alpha value is -2.86. The molecule has 1 aliphatic heterocycles. The third-order valence-electron chi connectivity index (χ3n) is 4.73. The number of carbonyl (C=O) groups is 1. The molecule has 27 heavy (non-hydrogen) atoms. The minimum absolute atomic E-state index is 0.183. The number of carbonyl (C=O) groups excluding carboxylic acids is 1. The van der Waals surface area contributed by atoms with Gasteiger partial charge in [0, 0.05) is 18.1 Å². The van der Waals surface area contributed by atoms with E-state index < -0.39 is 0 Å². The highest BCUT2D eigenvalue weighted by Crippen LogP contribution is 2.34. The van der Waals surface area contributed by atoms with Crippen molar-refractivity contribution in [1.29, 1.82) is 0 Å². The van der Waals surface area contributed by atoms with Gasteiger partial charge in [-0.3, -0.25) is 4.98 Å². The number of aryl methyl sites for hydroxylation is 1. The Morgan fingerprint density at radius 1 is 1.37 bits per heavy atom. The van der Waals surface area contributed by atoms with E-state index >= 15 is 0 Å². The molecule has 0 aliphatic carbocycles. The van der Waals surface area contributed by atoms with Crippen molar-refractivity contribution in [3.8, 4) is 0 Å². The van der Waals surface area contributed by atoms with E-state index in [1.54, 1.807) is 19.4 Å². The van der Waals surface area contributed by atoms with Crippen LogP contribution in [0.4, 0.5) is 5.69 Å². The van der Waals surface area contributed by atoms with Crippen LogP contribution in [-0.4, -0.2) is 37.3 Å². The first-order valence-electron chi connectivity index (χ1n) is 9.14. The minimum Gasteiger partial charge on any atom is -0.467 e. The Bertz CT molecular complexity index is 952. The van der Waals surface area contributed by atoms with E-state index in [-0.39, 0.29) is 12.1 Å². The summed E-state index contributed by atoms with van der Waals surface area (Å²) in [6, 6.07) is 9.83. The van der Waals surface area contributed by atoms with Crippen molar-refractivity contribution in [2.75, 3.05) is 31.2 Å². The molecule has 1 atom stereocenters. The first kappa shape index (κ1) is 17.5. The van der Waals surface area contributed by atoms with Crippen LogP contribution in [0.3, 0.4) is 0 Å². The fourth-order valence-corrected chi connectivity index (χ4v) is 3.49. The van der Waals surface area contributed by atoms with Gasteiger partial charge in [-0.2, -0.15) is 0 Å². The summed E-state index contributed by atoms with van der Waals surface area (Å²) in [5.74, 6) is 0.427. The van der Waals surface area contributed by atoms with E-state index in [1.165, 1.54) is 0 Å². The van der Waals surface area contributed by atoms with Crippen LogP contribution in [0.5, 0.6) is 0 Å². The number of hydrogen-bond acceptors (Lipinski definition) is 6. The largest absolute Gasteiger partial charge is 0.467 e. The maximum absolute atomic E-state index is 12.6. The molecule has 1 saturated heterocycles. The highest BCUT2D eigenvalue weighted by Gasteiger charge is 2.28. The van der Waals surface area contributed by atoms with Gasteiger partial charge in [-0.05, 0) is 38.1 Å². The number of pyridine rings is 1. The van der Waals surface area contributed by atoms with E-state index in [9.17, 15) is 4.79 Å². The summed E-state index contributed by atoms with van der Waals surface area (Å²) in [4.78, 5) is 19.3. The zero-order valence-corrected chi connectivity index (χ0v) is 15.5. The number of benzene rings is 1. The Kier molecular flexibility index (Phi) is 4.81. The Labute approximate surface area is 157 Å². The Morgan fingerprint density at radius 3 is 3.04 bits per heavy atom. The first-order chi connectivity index (χ1) is 13.2. The molecule has 0 N–H and O–H groups in total. The van der Waals surface area contributed by atoms with E-state index in [0.29, 0.717) is 31.9 Å². The van der Waals surface area contributed by atoms with Crippen molar-refractivity contribution in [1.82, 2.24) is 4.98 Å². The molecule has 2 aromatic heterocycles. The lowest BCUT2D eigenvalue weighted by Crippen LogP contribution is -2.39. The lowest BCUT2D eigenvalue weighted by molar-refractivity contribution is 0.0256. The molecule has 0 radical (unpaired) electrons. The molecule has 4 rings (SSSR count). The maximum Gasteiger partial charge on any atom is 0.341 e. The summed E-state index contributed by atoms with van der Waals surface area (Å²) in [6.45, 7) is 5.97. The van der Waals surface area contributed by atoms with Crippen LogP contribution in [0, 0.1) is 6.92 Å². The van der Waals surface area contributed by atoms with Crippen molar-refractivity contribution in [2.24, 2.45) is 0 Å². The molecule has 1 aromatic carbocycles. The van der Waals surface area contributed by atoms with Gasteiger partial charge in [0.2, 0.25) is 0 Å². The van der Waals surface area contributed by atoms with Gasteiger partial charge in [-0.25, -0.2) is 4.79 Å². The van der Waals surface area contributed by atoms with Crippen LogP contribution in [0.1, 0.15) is 34.7 Å². The lowest BCUT2D eigenvalue weighted by Gasteiger charge is -2.35. The Balaban J connectivity index is 1.81. The van der Waals surface area contributed by atoms with Crippen LogP contribution in [0.2, 0.25) is 0 Å². The van der Waals surface area contributed by atoms with Gasteiger partial charge in [0.15, 0.2) is 0 Å². The maximum atomic E-state index is 12.6. The molecular formula is C21H22N2O4. The molecule has 0 bridgehead atoms. The predicted octanol–water partition coefficient (Wildman–Crippen LogP) is 3.89. The van der Waals surface area contributed by atoms with Gasteiger partial charge >= 0.3 is 5.97 Å². The topological polar surface area (TPSA) is 64.8 Å². The number of rotatable bonds is 4. The zero-order valence-electron chi connectivity index (χ0n) is 15.5. The van der Waals surface area contributed by atoms with Gasteiger partial charge < -0.3 is 18.8 Å². The highest BCUT2D eigenvalue weighted by molar-refractivity contribution is 6.05. The van der Waals surface area contributed by atoms with Gasteiger partial charge in [0.1, 0.15) is 17.4 Å². The van der Waals surface area contributed by atoms with Crippen molar-refractivity contribution in [3.63, 3.8) is 0 Å². The number of hydrogen-bond donors (Lipinski definition) is 0. The molecule has 6 nitrogen and oxygen atoms in total. The summed E-state index contributed by atoms with van der Waals surface area (Å²) in [5.41, 5.74) is 3.30. The molecule has 0 spiro atoms. The van der Waals surface area contributed by atoms with Crippen LogP contribution in [-0.2, 0) is 9.47 Å². The smallest absolute Gasteiger partial charge is 0.341 e. The fraction of sp³-hybridized carbons (Fsp3) is 0.333. The number of ether oxygens (including phenoxy) is 2. The van der Waals surface area contributed by atoms with Crippen LogP contribution >= 0.6 is 0 Å². The number of furan rings is 1. The molecule has 3 aromatic rings. The fourth-order valence-electron chi connectivity index (χ4n) is 3.49. The second kappa shape index (κ2) is 7.40. The van der Waals surface area contributed by atoms with E-state index in [0.717, 1.165) is 27.9 Å². The molecule has 0 saturated carbocycles. The molecule has 1 fully saturated rings. The van der Waals surface area contributed by atoms with Crippen molar-refractivity contribution in [2.45, 2.75) is 20.0 Å². The number of anilines is 1. The number of esters is 1. The van der Waals surface area contributed by atoms with Crippen molar-refractivity contribution in [3.05, 3.63) is 59.7 Å². The second-order valence-corrected chi connectivity index (χ2v) is 6.58. The van der Waals surface area contributed by atoms with Gasteiger partial charge in [-0.1, -0.05) is 11.6 Å². The van der Waals surface area contributed by atoms with E-state index in [1.807, 2.05) is 31.2 Å². The SMILES string of the molecule is CCOC(=O)c1cnc2ccc(C)cc2c1N1CCOC(c2ccco2)C1. The van der Waals surface area contributed by atoms with E-state index in [2.05, 4.69) is 16.0 Å². The predicted molar refractivity (Wildman–Crippen MR) is 102 cm³/mol. The second-order valence-electron chi connectivity index (χ2n) is 6.58. The quantitative estimate of drug-likeness (QED) is 0.653. The first-order valence-corrected chi connectivity index (χ1v) is 9.14. The molecule has 6 heteroatoms. The van der Waals surface area contributed by atoms with Crippen LogP contribution in [0.15, 0.2) is 47.2 Å². The molecular weight excluding hydrogens is 344 g/mol. The average Bonchev–Trinajstić information content (AvgIpc) is 3.22. The van der Waals surface area contributed by atoms with Crippen molar-refractivity contribution >= 4 is 22.6 Å². The van der Waals surface area contributed by atoms with Crippen LogP contribution in [0.25, 0.3) is 10.9 Å². The molecule has 1 unspecified atom stereocenters. The summed E-state index contributed by atoms with van der Waals surface area (Å²) >= 11 is 0. The van der Waals surface area contributed by atoms with Crippen LogP contribution < -0.4 is 4.90 Å². The third kappa shape index (κ3) is 3.40. The zero-order chi connectivity index (χ0) is 18.8. The summed E-state index contributed by atoms with van der Waals surface area (Å²) in [7, 11) is 0.